The second-order valence-corrected chi connectivity index (χ2v) is 4.97. The van der Waals surface area contributed by atoms with Gasteiger partial charge in [-0.2, -0.15) is 9.97 Å². The molecule has 0 aliphatic heterocycles. The number of hydrogen-bond donors (Lipinski definition) is 1. The van der Waals surface area contributed by atoms with Gasteiger partial charge in [-0.15, -0.1) is 0 Å². The van der Waals surface area contributed by atoms with Gasteiger partial charge in [0.15, 0.2) is 17.0 Å². The van der Waals surface area contributed by atoms with E-state index in [-0.39, 0.29) is 5.28 Å². The lowest BCUT2D eigenvalue weighted by molar-refractivity contribution is 0.813. The lowest BCUT2D eigenvalue weighted by atomic mass is 10.2. The molecule has 2 aromatic heterocycles. The minimum Gasteiger partial charge on any atom is -0.371 e. The molecular weight excluding hydrogens is 297 g/mol. The van der Waals surface area contributed by atoms with Crippen molar-refractivity contribution in [3.8, 4) is 0 Å². The molecule has 0 spiro atoms. The molecule has 3 aromatic rings. The molecule has 1 N–H and O–H groups in total. The highest BCUT2D eigenvalue weighted by atomic mass is 35.5. The van der Waals surface area contributed by atoms with Crippen molar-refractivity contribution in [2.75, 3.05) is 12.4 Å². The van der Waals surface area contributed by atoms with E-state index in [2.05, 4.69) is 20.3 Å². The standard InChI is InChI=1S/C13H11Cl2N5/c1-16-11-10-12(19-13(15)18-11)20(7-17-10)6-8-4-2-3-5-9(8)14/h2-5,7H,6H2,1H3,(H,16,18,19). The van der Waals surface area contributed by atoms with E-state index in [4.69, 9.17) is 23.2 Å². The van der Waals surface area contributed by atoms with Crippen molar-refractivity contribution in [3.05, 3.63) is 46.5 Å². The molecule has 0 saturated carbocycles. The maximum absolute atomic E-state index is 6.18. The number of fused-ring (bicyclic) bond motifs is 1. The van der Waals surface area contributed by atoms with Crippen molar-refractivity contribution in [2.24, 2.45) is 0 Å². The van der Waals surface area contributed by atoms with Gasteiger partial charge in [0.25, 0.3) is 0 Å². The average molecular weight is 308 g/mol. The van der Waals surface area contributed by atoms with E-state index in [1.807, 2.05) is 28.8 Å². The van der Waals surface area contributed by atoms with Crippen LogP contribution in [0.5, 0.6) is 0 Å². The normalized spacial score (nSPS) is 10.9. The summed E-state index contributed by atoms with van der Waals surface area (Å²) < 4.78 is 1.89. The minimum absolute atomic E-state index is 0.183. The highest BCUT2D eigenvalue weighted by Gasteiger charge is 2.12. The molecule has 102 valence electrons. The number of nitrogens with one attached hydrogen (secondary N) is 1. The molecule has 1 aromatic carbocycles. The summed E-state index contributed by atoms with van der Waals surface area (Å²) in [6, 6.07) is 7.67. The zero-order valence-electron chi connectivity index (χ0n) is 10.6. The van der Waals surface area contributed by atoms with Crippen LogP contribution in [0.25, 0.3) is 11.2 Å². The molecule has 0 unspecified atom stereocenters. The van der Waals surface area contributed by atoms with E-state index in [9.17, 15) is 0 Å². The van der Waals surface area contributed by atoms with E-state index in [1.54, 1.807) is 13.4 Å². The van der Waals surface area contributed by atoms with Crippen LogP contribution >= 0.6 is 23.2 Å². The first-order valence-electron chi connectivity index (χ1n) is 5.98. The van der Waals surface area contributed by atoms with Crippen LogP contribution in [0.3, 0.4) is 0 Å². The fourth-order valence-electron chi connectivity index (χ4n) is 2.02. The van der Waals surface area contributed by atoms with E-state index < -0.39 is 0 Å². The predicted molar refractivity (Wildman–Crippen MR) is 80.4 cm³/mol. The molecule has 3 rings (SSSR count). The Morgan fingerprint density at radius 2 is 2.00 bits per heavy atom. The Bertz CT molecular complexity index is 769. The maximum atomic E-state index is 6.18. The number of hydrogen-bond acceptors (Lipinski definition) is 4. The molecule has 20 heavy (non-hydrogen) atoms. The van der Waals surface area contributed by atoms with E-state index >= 15 is 0 Å². The second-order valence-electron chi connectivity index (χ2n) is 4.23. The molecule has 0 fully saturated rings. The van der Waals surface area contributed by atoms with Gasteiger partial charge >= 0.3 is 0 Å². The van der Waals surface area contributed by atoms with Gasteiger partial charge in [-0.25, -0.2) is 4.98 Å². The number of rotatable bonds is 3. The molecule has 5 nitrogen and oxygen atoms in total. The lowest BCUT2D eigenvalue weighted by Crippen LogP contribution is -2.02. The molecule has 0 aliphatic carbocycles. The van der Waals surface area contributed by atoms with E-state index in [0.29, 0.717) is 28.5 Å². The number of aromatic nitrogens is 4. The van der Waals surface area contributed by atoms with Crippen molar-refractivity contribution in [3.63, 3.8) is 0 Å². The van der Waals surface area contributed by atoms with Crippen LogP contribution in [0.2, 0.25) is 10.3 Å². The number of anilines is 1. The van der Waals surface area contributed by atoms with Crippen LogP contribution in [0.4, 0.5) is 5.82 Å². The Balaban J connectivity index is 2.09. The molecule has 0 bridgehead atoms. The van der Waals surface area contributed by atoms with Crippen molar-refractivity contribution in [1.82, 2.24) is 19.5 Å². The third kappa shape index (κ3) is 2.30. The third-order valence-corrected chi connectivity index (χ3v) is 3.51. The van der Waals surface area contributed by atoms with Crippen LogP contribution in [0.1, 0.15) is 5.56 Å². The van der Waals surface area contributed by atoms with Crippen LogP contribution in [0, 0.1) is 0 Å². The summed E-state index contributed by atoms with van der Waals surface area (Å²) in [5, 5.41) is 3.86. The number of imidazole rings is 1. The molecule has 0 radical (unpaired) electrons. The SMILES string of the molecule is CNc1nc(Cl)nc2c1ncn2Cc1ccccc1Cl. The largest absolute Gasteiger partial charge is 0.371 e. The Hall–Kier alpha value is -1.85. The number of halogens is 2. The van der Waals surface area contributed by atoms with Crippen LogP contribution in [-0.4, -0.2) is 26.6 Å². The van der Waals surface area contributed by atoms with Gasteiger partial charge in [0.2, 0.25) is 5.28 Å². The molecule has 0 aliphatic rings. The Kier molecular flexibility index (Phi) is 3.46. The van der Waals surface area contributed by atoms with E-state index in [1.165, 1.54) is 0 Å². The second kappa shape index (κ2) is 5.26. The summed E-state index contributed by atoms with van der Waals surface area (Å²) in [6.07, 6.45) is 1.71. The van der Waals surface area contributed by atoms with Gasteiger partial charge in [0, 0.05) is 12.1 Å². The van der Waals surface area contributed by atoms with Gasteiger partial charge in [-0.3, -0.25) is 0 Å². The fourth-order valence-corrected chi connectivity index (χ4v) is 2.38. The highest BCUT2D eigenvalue weighted by molar-refractivity contribution is 6.31. The molecule has 0 amide bonds. The first-order valence-corrected chi connectivity index (χ1v) is 6.74. The predicted octanol–water partition coefficient (Wildman–Crippen LogP) is 3.22. The molecule has 0 saturated heterocycles. The van der Waals surface area contributed by atoms with Gasteiger partial charge < -0.3 is 9.88 Å². The highest BCUT2D eigenvalue weighted by Crippen LogP contribution is 2.22. The van der Waals surface area contributed by atoms with Crippen molar-refractivity contribution in [2.45, 2.75) is 6.54 Å². The summed E-state index contributed by atoms with van der Waals surface area (Å²) in [5.41, 5.74) is 2.35. The topological polar surface area (TPSA) is 55.6 Å². The van der Waals surface area contributed by atoms with Crippen LogP contribution in [-0.2, 0) is 6.54 Å². The molecule has 2 heterocycles. The smallest absolute Gasteiger partial charge is 0.226 e. The third-order valence-electron chi connectivity index (χ3n) is 2.97. The van der Waals surface area contributed by atoms with Gasteiger partial charge in [-0.05, 0) is 23.2 Å². The summed E-state index contributed by atoms with van der Waals surface area (Å²) >= 11 is 12.1. The van der Waals surface area contributed by atoms with Crippen molar-refractivity contribution in [1.29, 1.82) is 0 Å². The molecular formula is C13H11Cl2N5. The minimum atomic E-state index is 0.183. The zero-order valence-corrected chi connectivity index (χ0v) is 12.2. The number of benzene rings is 1. The zero-order chi connectivity index (χ0) is 14.1. The average Bonchev–Trinajstić information content (AvgIpc) is 2.83. The van der Waals surface area contributed by atoms with E-state index in [0.717, 1.165) is 5.56 Å². The number of nitrogens with zero attached hydrogens (tertiary/aromatic N) is 4. The first-order chi connectivity index (χ1) is 9.69. The maximum Gasteiger partial charge on any atom is 0.226 e. The monoisotopic (exact) mass is 307 g/mol. The molecule has 7 heteroatoms. The van der Waals surface area contributed by atoms with Crippen LogP contribution < -0.4 is 5.32 Å². The van der Waals surface area contributed by atoms with Crippen LogP contribution in [0.15, 0.2) is 30.6 Å². The van der Waals surface area contributed by atoms with Gasteiger partial charge in [-0.1, -0.05) is 29.8 Å². The molecule has 0 atom stereocenters. The first kappa shape index (κ1) is 13.1. The Morgan fingerprint density at radius 1 is 1.20 bits per heavy atom. The Labute approximate surface area is 125 Å². The summed E-state index contributed by atoms with van der Waals surface area (Å²) in [6.45, 7) is 0.576. The van der Waals surface area contributed by atoms with Crippen molar-refractivity contribution >= 4 is 40.2 Å². The van der Waals surface area contributed by atoms with Gasteiger partial charge in [0.05, 0.1) is 12.9 Å². The fraction of sp³-hybridized carbons (Fsp3) is 0.154. The lowest BCUT2D eigenvalue weighted by Gasteiger charge is -2.06. The van der Waals surface area contributed by atoms with Crippen molar-refractivity contribution < 1.29 is 0 Å². The quantitative estimate of drug-likeness (QED) is 0.755. The van der Waals surface area contributed by atoms with Gasteiger partial charge in [0.1, 0.15) is 0 Å². The summed E-state index contributed by atoms with van der Waals surface area (Å²) in [4.78, 5) is 12.7. The summed E-state index contributed by atoms with van der Waals surface area (Å²) in [5.74, 6) is 0.609. The Morgan fingerprint density at radius 3 is 2.75 bits per heavy atom. The summed E-state index contributed by atoms with van der Waals surface area (Å²) in [7, 11) is 1.77.